The van der Waals surface area contributed by atoms with Crippen molar-refractivity contribution in [2.45, 2.75) is 32.3 Å². The van der Waals surface area contributed by atoms with Crippen LogP contribution in [0.15, 0.2) is 42.7 Å². The summed E-state index contributed by atoms with van der Waals surface area (Å²) >= 11 is 0. The predicted molar refractivity (Wildman–Crippen MR) is 101 cm³/mol. The Bertz CT molecular complexity index is 724. The molecule has 0 unspecified atom stereocenters. The molecule has 2 heterocycles. The first kappa shape index (κ1) is 18.4. The number of rotatable bonds is 6. The minimum absolute atomic E-state index is 0.0528. The van der Waals surface area contributed by atoms with Gasteiger partial charge in [0, 0.05) is 37.0 Å². The van der Waals surface area contributed by atoms with Crippen LogP contribution in [-0.2, 0) is 4.74 Å². The average Bonchev–Trinajstić information content (AvgIpc) is 2.72. The van der Waals surface area contributed by atoms with Crippen molar-refractivity contribution in [3.63, 3.8) is 0 Å². The van der Waals surface area contributed by atoms with Crippen molar-refractivity contribution in [1.29, 1.82) is 0 Å². The first-order valence-electron chi connectivity index (χ1n) is 9.21. The number of likely N-dealkylation sites (N-methyl/N-ethyl adjacent to an activating group) is 1. The van der Waals surface area contributed by atoms with E-state index < -0.39 is 0 Å². The van der Waals surface area contributed by atoms with Gasteiger partial charge >= 0.3 is 0 Å². The molecule has 1 amide bonds. The molecule has 0 bridgehead atoms. The molecule has 1 aromatic carbocycles. The van der Waals surface area contributed by atoms with Crippen LogP contribution in [0, 0.1) is 0 Å². The van der Waals surface area contributed by atoms with Gasteiger partial charge in [0.25, 0.3) is 5.91 Å². The molecule has 5 heteroatoms. The summed E-state index contributed by atoms with van der Waals surface area (Å²) in [6.45, 7) is 4.16. The molecule has 1 fully saturated rings. The van der Waals surface area contributed by atoms with Gasteiger partial charge in [-0.1, -0.05) is 12.1 Å². The van der Waals surface area contributed by atoms with Crippen LogP contribution in [0.3, 0.4) is 0 Å². The summed E-state index contributed by atoms with van der Waals surface area (Å²) in [5.41, 5.74) is 2.67. The smallest absolute Gasteiger partial charge is 0.253 e. The summed E-state index contributed by atoms with van der Waals surface area (Å²) in [6, 6.07) is 9.59. The average molecular weight is 354 g/mol. The lowest BCUT2D eigenvalue weighted by Crippen LogP contribution is -2.39. The highest BCUT2D eigenvalue weighted by molar-refractivity contribution is 5.94. The maximum atomic E-state index is 12.8. The van der Waals surface area contributed by atoms with Crippen LogP contribution in [-0.4, -0.2) is 48.7 Å². The summed E-state index contributed by atoms with van der Waals surface area (Å²) in [4.78, 5) is 18.9. The van der Waals surface area contributed by atoms with E-state index in [-0.39, 0.29) is 12.0 Å². The van der Waals surface area contributed by atoms with E-state index >= 15 is 0 Å². The van der Waals surface area contributed by atoms with Crippen LogP contribution in [0.5, 0.6) is 5.75 Å². The number of aromatic nitrogens is 1. The Balaban J connectivity index is 1.70. The number of carbonyl (C=O) groups excluding carboxylic acids is 1. The molecule has 26 heavy (non-hydrogen) atoms. The van der Waals surface area contributed by atoms with Crippen LogP contribution >= 0.6 is 0 Å². The molecule has 1 atom stereocenters. The van der Waals surface area contributed by atoms with Crippen LogP contribution in [0.25, 0.3) is 11.1 Å². The van der Waals surface area contributed by atoms with Gasteiger partial charge in [0.2, 0.25) is 0 Å². The number of carbonyl (C=O) groups is 1. The topological polar surface area (TPSA) is 51.7 Å². The van der Waals surface area contributed by atoms with Crippen LogP contribution in [0.1, 0.15) is 36.5 Å². The Morgan fingerprint density at radius 3 is 2.69 bits per heavy atom. The Morgan fingerprint density at radius 1 is 1.23 bits per heavy atom. The number of methoxy groups -OCH3 is 1. The normalized spacial score (nSPS) is 16.9. The minimum atomic E-state index is 0.0528. The van der Waals surface area contributed by atoms with E-state index in [1.165, 1.54) is 6.42 Å². The predicted octanol–water partition coefficient (Wildman–Crippen LogP) is 3.79. The molecular weight excluding hydrogens is 328 g/mol. The van der Waals surface area contributed by atoms with E-state index in [2.05, 4.69) is 4.98 Å². The second-order valence-electron chi connectivity index (χ2n) is 6.52. The van der Waals surface area contributed by atoms with Gasteiger partial charge in [0.1, 0.15) is 5.75 Å². The molecule has 2 aromatic rings. The van der Waals surface area contributed by atoms with Crippen molar-refractivity contribution in [2.24, 2.45) is 0 Å². The lowest BCUT2D eigenvalue weighted by atomic mass is 10.0. The fourth-order valence-corrected chi connectivity index (χ4v) is 3.23. The van der Waals surface area contributed by atoms with E-state index in [1.54, 1.807) is 19.5 Å². The molecule has 0 N–H and O–H groups in total. The number of ether oxygens (including phenoxy) is 2. The molecule has 138 valence electrons. The molecule has 3 rings (SSSR count). The maximum Gasteiger partial charge on any atom is 0.253 e. The first-order chi connectivity index (χ1) is 12.7. The van der Waals surface area contributed by atoms with Gasteiger partial charge in [0.15, 0.2) is 0 Å². The molecule has 0 saturated carbocycles. The van der Waals surface area contributed by atoms with Crippen LogP contribution in [0.4, 0.5) is 0 Å². The van der Waals surface area contributed by atoms with Gasteiger partial charge in [-0.2, -0.15) is 0 Å². The fourth-order valence-electron chi connectivity index (χ4n) is 3.23. The van der Waals surface area contributed by atoms with E-state index in [1.807, 2.05) is 42.2 Å². The van der Waals surface area contributed by atoms with Gasteiger partial charge in [-0.3, -0.25) is 9.78 Å². The van der Waals surface area contributed by atoms with E-state index in [0.717, 1.165) is 30.6 Å². The molecule has 1 aromatic heterocycles. The molecule has 1 aliphatic rings. The third kappa shape index (κ3) is 4.41. The molecule has 0 spiro atoms. The number of benzene rings is 1. The summed E-state index contributed by atoms with van der Waals surface area (Å²) in [5, 5.41) is 0. The molecule has 0 aliphatic carbocycles. The second-order valence-corrected chi connectivity index (χ2v) is 6.52. The Morgan fingerprint density at radius 2 is 2.04 bits per heavy atom. The Kier molecular flexibility index (Phi) is 6.23. The molecular formula is C21H26N2O3. The first-order valence-corrected chi connectivity index (χ1v) is 9.21. The van der Waals surface area contributed by atoms with Crippen LogP contribution < -0.4 is 4.74 Å². The summed E-state index contributed by atoms with van der Waals surface area (Å²) < 4.78 is 11.0. The van der Waals surface area contributed by atoms with Gasteiger partial charge < -0.3 is 14.4 Å². The monoisotopic (exact) mass is 354 g/mol. The van der Waals surface area contributed by atoms with Gasteiger partial charge in [-0.25, -0.2) is 0 Å². The van der Waals surface area contributed by atoms with Crippen molar-refractivity contribution in [2.75, 3.05) is 26.8 Å². The lowest BCUT2D eigenvalue weighted by Gasteiger charge is -2.29. The van der Waals surface area contributed by atoms with Crippen molar-refractivity contribution in [3.05, 3.63) is 48.3 Å². The zero-order valence-electron chi connectivity index (χ0n) is 15.5. The third-order valence-corrected chi connectivity index (χ3v) is 4.78. The Labute approximate surface area is 155 Å². The maximum absolute atomic E-state index is 12.8. The van der Waals surface area contributed by atoms with Crippen molar-refractivity contribution in [1.82, 2.24) is 9.88 Å². The highest BCUT2D eigenvalue weighted by atomic mass is 16.5. The number of pyridine rings is 1. The molecule has 5 nitrogen and oxygen atoms in total. The van der Waals surface area contributed by atoms with Crippen molar-refractivity contribution >= 4 is 5.91 Å². The standard InChI is InChI=1S/C21H26N2O3/c1-3-23(15-19-6-4-5-11-26-19)21(24)17-9-7-16(8-10-17)18-12-20(25-2)14-22-13-18/h7-10,12-14,19H,3-6,11,15H2,1-2H3/t19-/m0/s1. The van der Waals surface area contributed by atoms with Gasteiger partial charge in [0.05, 0.1) is 19.4 Å². The number of amides is 1. The highest BCUT2D eigenvalue weighted by Gasteiger charge is 2.21. The van der Waals surface area contributed by atoms with Gasteiger partial charge in [-0.15, -0.1) is 0 Å². The third-order valence-electron chi connectivity index (χ3n) is 4.78. The Hall–Kier alpha value is -2.40. The largest absolute Gasteiger partial charge is 0.495 e. The zero-order chi connectivity index (χ0) is 18.4. The summed E-state index contributed by atoms with van der Waals surface area (Å²) in [7, 11) is 1.62. The lowest BCUT2D eigenvalue weighted by molar-refractivity contribution is -0.00311. The summed E-state index contributed by atoms with van der Waals surface area (Å²) in [5.74, 6) is 0.768. The number of hydrogen-bond donors (Lipinski definition) is 0. The van der Waals surface area contributed by atoms with Crippen molar-refractivity contribution in [3.8, 4) is 16.9 Å². The van der Waals surface area contributed by atoms with Crippen molar-refractivity contribution < 1.29 is 14.3 Å². The molecule has 0 radical (unpaired) electrons. The summed E-state index contributed by atoms with van der Waals surface area (Å²) in [6.07, 6.45) is 6.96. The van der Waals surface area contributed by atoms with E-state index in [0.29, 0.717) is 24.4 Å². The van der Waals surface area contributed by atoms with Crippen LogP contribution in [0.2, 0.25) is 0 Å². The minimum Gasteiger partial charge on any atom is -0.495 e. The number of nitrogens with zero attached hydrogens (tertiary/aromatic N) is 2. The quantitative estimate of drug-likeness (QED) is 0.792. The fraction of sp³-hybridized carbons (Fsp3) is 0.429. The highest BCUT2D eigenvalue weighted by Crippen LogP contribution is 2.23. The SMILES string of the molecule is CCN(C[C@@H]1CCCCO1)C(=O)c1ccc(-c2cncc(OC)c2)cc1. The van der Waals surface area contributed by atoms with E-state index in [4.69, 9.17) is 9.47 Å². The zero-order valence-corrected chi connectivity index (χ0v) is 15.5. The van der Waals surface area contributed by atoms with Gasteiger partial charge in [-0.05, 0) is 49.9 Å². The second kappa shape index (κ2) is 8.81. The molecule has 1 aliphatic heterocycles. The van der Waals surface area contributed by atoms with E-state index in [9.17, 15) is 4.79 Å². The number of hydrogen-bond acceptors (Lipinski definition) is 4. The molecule has 1 saturated heterocycles.